The second-order valence-corrected chi connectivity index (χ2v) is 4.26. The molecule has 2 rings (SSSR count). The Labute approximate surface area is 101 Å². The highest BCUT2D eigenvalue weighted by Crippen LogP contribution is 2.37. The molecule has 1 aliphatic rings. The molecule has 0 radical (unpaired) electrons. The van der Waals surface area contributed by atoms with Crippen LogP contribution in [0.5, 0.6) is 0 Å². The number of benzene rings is 1. The van der Waals surface area contributed by atoms with E-state index in [0.29, 0.717) is 0 Å². The molecule has 0 amide bonds. The van der Waals surface area contributed by atoms with Crippen LogP contribution in [0, 0.1) is 0 Å². The summed E-state index contributed by atoms with van der Waals surface area (Å²) in [5.74, 6) is 0. The molecular weight excluding hydrogens is 217 g/mol. The second-order valence-electron chi connectivity index (χ2n) is 4.26. The maximum Gasteiger partial charge on any atom is 0.492 e. The first kappa shape index (κ1) is 12.1. The molecule has 1 aromatic rings. The molecule has 1 aromatic carbocycles. The van der Waals surface area contributed by atoms with E-state index >= 15 is 0 Å². The van der Waals surface area contributed by atoms with Gasteiger partial charge in [-0.25, -0.2) is 0 Å². The van der Waals surface area contributed by atoms with Gasteiger partial charge in [-0.15, -0.1) is 0 Å². The smallest absolute Gasteiger partial charge is 0.423 e. The quantitative estimate of drug-likeness (QED) is 0.357. The Kier molecular flexibility index (Phi) is 3.22. The molecule has 1 heterocycles. The van der Waals surface area contributed by atoms with Gasteiger partial charge in [0.15, 0.2) is 0 Å². The highest BCUT2D eigenvalue weighted by atomic mass is 16.5. The molecule has 0 fully saturated rings. The molecule has 1 aliphatic heterocycles. The van der Waals surface area contributed by atoms with Crippen LogP contribution in [-0.4, -0.2) is 23.6 Å². The topological polar surface area (TPSA) is 62.0 Å². The molecular formula is C12H16BNO3. The zero-order chi connectivity index (χ0) is 12.5. The van der Waals surface area contributed by atoms with Crippen molar-refractivity contribution in [2.75, 3.05) is 0 Å². The first-order valence-corrected chi connectivity index (χ1v) is 5.84. The summed E-state index contributed by atoms with van der Waals surface area (Å²) in [6.45, 7) is 4.08. The van der Waals surface area contributed by atoms with E-state index in [9.17, 15) is 5.02 Å². The van der Waals surface area contributed by atoms with E-state index in [2.05, 4.69) is 5.16 Å². The molecule has 90 valence electrons. The summed E-state index contributed by atoms with van der Waals surface area (Å²) in [5, 5.41) is 21.5. The van der Waals surface area contributed by atoms with E-state index in [1.54, 1.807) is 6.07 Å². The van der Waals surface area contributed by atoms with Gasteiger partial charge < -0.3 is 14.9 Å². The number of rotatable bonds is 3. The van der Waals surface area contributed by atoms with Gasteiger partial charge in [-0.3, -0.25) is 0 Å². The molecule has 0 aromatic heterocycles. The molecule has 2 N–H and O–H groups in total. The lowest BCUT2D eigenvalue weighted by atomic mass is 9.76. The van der Waals surface area contributed by atoms with Crippen molar-refractivity contribution < 1.29 is 14.9 Å². The normalized spacial score (nSPS) is 17.7. The molecule has 0 bridgehead atoms. The van der Waals surface area contributed by atoms with Gasteiger partial charge in [0, 0.05) is 0 Å². The zero-order valence-electron chi connectivity index (χ0n) is 10.1. The van der Waals surface area contributed by atoms with E-state index in [-0.39, 0.29) is 0 Å². The van der Waals surface area contributed by atoms with Gasteiger partial charge in [-0.2, -0.15) is 0 Å². The van der Waals surface area contributed by atoms with E-state index in [0.717, 1.165) is 29.4 Å². The van der Waals surface area contributed by atoms with Crippen LogP contribution in [0.3, 0.4) is 0 Å². The van der Waals surface area contributed by atoms with Crippen molar-refractivity contribution in [2.45, 2.75) is 32.3 Å². The minimum absolute atomic E-state index is 0.423. The van der Waals surface area contributed by atoms with Crippen LogP contribution in [0.2, 0.25) is 0 Å². The summed E-state index contributed by atoms with van der Waals surface area (Å²) in [6.07, 6.45) is 2.97. The first-order chi connectivity index (χ1) is 8.16. The van der Waals surface area contributed by atoms with Crippen molar-refractivity contribution in [3.8, 4) is 0 Å². The lowest BCUT2D eigenvalue weighted by Crippen LogP contribution is -2.29. The van der Waals surface area contributed by atoms with Crippen LogP contribution < -0.4 is 5.46 Å². The molecule has 0 saturated heterocycles. The van der Waals surface area contributed by atoms with Gasteiger partial charge >= 0.3 is 7.12 Å². The van der Waals surface area contributed by atoms with Crippen molar-refractivity contribution >= 4 is 18.8 Å². The van der Waals surface area contributed by atoms with Gasteiger partial charge in [0.1, 0.15) is 0 Å². The van der Waals surface area contributed by atoms with Gasteiger partial charge in [0.05, 0.1) is 11.8 Å². The molecule has 0 atom stereocenters. The standard InChI is InChI=1S/C12H16BNO3/c1-3-12(4-2)10-7-9(8-14-16)5-6-11(10)13(15)17-12/h5-8,15-16H,3-4H2,1-2H3/b14-8+. The Morgan fingerprint density at radius 1 is 1.41 bits per heavy atom. The lowest BCUT2D eigenvalue weighted by molar-refractivity contribution is 0.0520. The Hall–Kier alpha value is -1.33. The Bertz CT molecular complexity index is 443. The number of fused-ring (bicyclic) bond motifs is 1. The summed E-state index contributed by atoms with van der Waals surface area (Å²) in [7, 11) is -0.856. The van der Waals surface area contributed by atoms with Crippen molar-refractivity contribution in [1.82, 2.24) is 0 Å². The SMILES string of the molecule is CCC1(CC)OB(O)c2ccc(/C=N/O)cc21. The molecule has 0 aliphatic carbocycles. The van der Waals surface area contributed by atoms with Crippen molar-refractivity contribution in [3.63, 3.8) is 0 Å². The van der Waals surface area contributed by atoms with E-state index in [1.807, 2.05) is 26.0 Å². The zero-order valence-corrected chi connectivity index (χ0v) is 10.1. The third-order valence-electron chi connectivity index (χ3n) is 3.52. The monoisotopic (exact) mass is 233 g/mol. The molecule has 4 nitrogen and oxygen atoms in total. The summed E-state index contributed by atoms with van der Waals surface area (Å²) in [5.41, 5.74) is 2.18. The maximum absolute atomic E-state index is 9.89. The fourth-order valence-corrected chi connectivity index (χ4v) is 2.47. The number of oxime groups is 1. The number of hydrogen-bond acceptors (Lipinski definition) is 4. The molecule has 17 heavy (non-hydrogen) atoms. The third-order valence-corrected chi connectivity index (χ3v) is 3.52. The molecule has 5 heteroatoms. The molecule has 0 saturated carbocycles. The van der Waals surface area contributed by atoms with Crippen LogP contribution in [-0.2, 0) is 10.3 Å². The fourth-order valence-electron chi connectivity index (χ4n) is 2.47. The summed E-state index contributed by atoms with van der Waals surface area (Å²) in [4.78, 5) is 0. The summed E-state index contributed by atoms with van der Waals surface area (Å²) < 4.78 is 5.70. The first-order valence-electron chi connectivity index (χ1n) is 5.84. The summed E-state index contributed by atoms with van der Waals surface area (Å²) in [6, 6.07) is 5.54. The van der Waals surface area contributed by atoms with Crippen molar-refractivity contribution in [1.29, 1.82) is 0 Å². The van der Waals surface area contributed by atoms with Gasteiger partial charge in [0.2, 0.25) is 0 Å². The predicted molar refractivity (Wildman–Crippen MR) is 66.8 cm³/mol. The third kappa shape index (κ3) is 1.85. The average Bonchev–Trinajstić information content (AvgIpc) is 2.63. The molecule has 0 spiro atoms. The van der Waals surface area contributed by atoms with E-state index < -0.39 is 12.7 Å². The van der Waals surface area contributed by atoms with E-state index in [4.69, 9.17) is 9.86 Å². The maximum atomic E-state index is 9.89. The Morgan fingerprint density at radius 2 is 2.12 bits per heavy atom. The van der Waals surface area contributed by atoms with Gasteiger partial charge in [0.25, 0.3) is 0 Å². The van der Waals surface area contributed by atoms with Crippen molar-refractivity contribution in [3.05, 3.63) is 29.3 Å². The number of nitrogens with zero attached hydrogens (tertiary/aromatic N) is 1. The van der Waals surface area contributed by atoms with Crippen LogP contribution >= 0.6 is 0 Å². The van der Waals surface area contributed by atoms with Crippen LogP contribution in [0.4, 0.5) is 0 Å². The fraction of sp³-hybridized carbons (Fsp3) is 0.417. The van der Waals surface area contributed by atoms with Crippen LogP contribution in [0.1, 0.15) is 37.8 Å². The van der Waals surface area contributed by atoms with Crippen LogP contribution in [0.15, 0.2) is 23.4 Å². The largest absolute Gasteiger partial charge is 0.492 e. The van der Waals surface area contributed by atoms with Crippen LogP contribution in [0.25, 0.3) is 0 Å². The average molecular weight is 233 g/mol. The summed E-state index contributed by atoms with van der Waals surface area (Å²) >= 11 is 0. The highest BCUT2D eigenvalue weighted by molar-refractivity contribution is 6.62. The molecule has 0 unspecified atom stereocenters. The Morgan fingerprint density at radius 3 is 2.71 bits per heavy atom. The Balaban J connectivity index is 2.53. The number of hydrogen-bond donors (Lipinski definition) is 2. The van der Waals surface area contributed by atoms with E-state index in [1.165, 1.54) is 6.21 Å². The highest BCUT2D eigenvalue weighted by Gasteiger charge is 2.44. The van der Waals surface area contributed by atoms with Crippen molar-refractivity contribution in [2.24, 2.45) is 5.16 Å². The lowest BCUT2D eigenvalue weighted by Gasteiger charge is -2.28. The minimum Gasteiger partial charge on any atom is -0.423 e. The minimum atomic E-state index is -0.856. The van der Waals surface area contributed by atoms with Gasteiger partial charge in [-0.05, 0) is 35.5 Å². The van der Waals surface area contributed by atoms with Gasteiger partial charge in [-0.1, -0.05) is 31.1 Å². The predicted octanol–water partition coefficient (Wildman–Crippen LogP) is 1.23. The second kappa shape index (κ2) is 4.51.